The highest BCUT2D eigenvalue weighted by Gasteiger charge is 2.17. The van der Waals surface area contributed by atoms with Gasteiger partial charge in [0.25, 0.3) is 5.69 Å². The second-order valence-electron chi connectivity index (χ2n) is 6.43. The number of rotatable bonds is 7. The van der Waals surface area contributed by atoms with Gasteiger partial charge in [0, 0.05) is 44.0 Å². The number of nitro benzene ring substituents is 1. The van der Waals surface area contributed by atoms with E-state index in [4.69, 9.17) is 0 Å². The van der Waals surface area contributed by atoms with Gasteiger partial charge in [0.15, 0.2) is 0 Å². The average Bonchev–Trinajstić information content (AvgIpc) is 2.87. The Bertz CT molecular complexity index is 712. The van der Waals surface area contributed by atoms with E-state index in [-0.39, 0.29) is 5.69 Å². The SMILES string of the molecule is CC(C)c1nn(C)cc1CN(C)CC(O)c1cccc([N+](=O)[O-])c1. The van der Waals surface area contributed by atoms with Crippen LogP contribution < -0.4 is 0 Å². The first-order valence-corrected chi connectivity index (χ1v) is 7.91. The van der Waals surface area contributed by atoms with Crippen LogP contribution in [0.1, 0.15) is 42.7 Å². The van der Waals surface area contributed by atoms with Crippen molar-refractivity contribution in [2.45, 2.75) is 32.4 Å². The minimum Gasteiger partial charge on any atom is -0.387 e. The number of benzene rings is 1. The summed E-state index contributed by atoms with van der Waals surface area (Å²) < 4.78 is 1.80. The molecule has 1 aromatic carbocycles. The Morgan fingerprint density at radius 2 is 2.12 bits per heavy atom. The predicted octanol–water partition coefficient (Wildman–Crippen LogP) is 2.62. The molecular formula is C17H24N4O3. The fourth-order valence-electron chi connectivity index (χ4n) is 2.76. The molecule has 7 heteroatoms. The Hall–Kier alpha value is -2.25. The van der Waals surface area contributed by atoms with Crippen LogP contribution in [-0.2, 0) is 13.6 Å². The smallest absolute Gasteiger partial charge is 0.269 e. The van der Waals surface area contributed by atoms with Gasteiger partial charge in [-0.1, -0.05) is 26.0 Å². The van der Waals surface area contributed by atoms with Crippen molar-refractivity contribution >= 4 is 5.69 Å². The summed E-state index contributed by atoms with van der Waals surface area (Å²) in [5.74, 6) is 0.330. The molecule has 1 atom stereocenters. The van der Waals surface area contributed by atoms with Gasteiger partial charge in [0.2, 0.25) is 0 Å². The number of aliphatic hydroxyl groups excluding tert-OH is 1. The normalized spacial score (nSPS) is 12.8. The molecule has 7 nitrogen and oxygen atoms in total. The van der Waals surface area contributed by atoms with Crippen LogP contribution in [0.2, 0.25) is 0 Å². The highest BCUT2D eigenvalue weighted by Crippen LogP contribution is 2.22. The topological polar surface area (TPSA) is 84.4 Å². The maximum absolute atomic E-state index is 10.8. The summed E-state index contributed by atoms with van der Waals surface area (Å²) in [5.41, 5.74) is 2.71. The fraction of sp³-hybridized carbons (Fsp3) is 0.471. The predicted molar refractivity (Wildman–Crippen MR) is 91.7 cm³/mol. The maximum Gasteiger partial charge on any atom is 0.269 e. The number of aromatic nitrogens is 2. The first-order valence-electron chi connectivity index (χ1n) is 7.91. The Balaban J connectivity index is 2.05. The van der Waals surface area contributed by atoms with Gasteiger partial charge in [0.05, 0.1) is 16.7 Å². The van der Waals surface area contributed by atoms with Crippen molar-refractivity contribution in [1.29, 1.82) is 0 Å². The summed E-state index contributed by atoms with van der Waals surface area (Å²) in [6, 6.07) is 6.14. The van der Waals surface area contributed by atoms with Gasteiger partial charge < -0.3 is 5.11 Å². The molecule has 0 spiro atoms. The third-order valence-corrected chi connectivity index (χ3v) is 3.87. The quantitative estimate of drug-likeness (QED) is 0.622. The largest absolute Gasteiger partial charge is 0.387 e. The second-order valence-corrected chi connectivity index (χ2v) is 6.43. The molecule has 0 saturated carbocycles. The maximum atomic E-state index is 10.8. The molecule has 0 radical (unpaired) electrons. The van der Waals surface area contributed by atoms with Crippen LogP contribution in [0, 0.1) is 10.1 Å². The lowest BCUT2D eigenvalue weighted by Gasteiger charge is -2.21. The van der Waals surface area contributed by atoms with E-state index >= 15 is 0 Å². The first-order chi connectivity index (χ1) is 11.3. The number of hydrogen-bond donors (Lipinski definition) is 1. The van der Waals surface area contributed by atoms with Crippen LogP contribution in [0.5, 0.6) is 0 Å². The van der Waals surface area contributed by atoms with Crippen molar-refractivity contribution in [2.75, 3.05) is 13.6 Å². The minimum atomic E-state index is -0.783. The summed E-state index contributed by atoms with van der Waals surface area (Å²) in [7, 11) is 3.81. The number of hydrogen-bond acceptors (Lipinski definition) is 5. The van der Waals surface area contributed by atoms with E-state index in [1.807, 2.05) is 25.2 Å². The van der Waals surface area contributed by atoms with E-state index in [9.17, 15) is 15.2 Å². The summed E-state index contributed by atoms with van der Waals surface area (Å²) in [5, 5.41) is 25.7. The summed E-state index contributed by atoms with van der Waals surface area (Å²) in [4.78, 5) is 12.4. The zero-order valence-corrected chi connectivity index (χ0v) is 14.5. The Morgan fingerprint density at radius 3 is 2.75 bits per heavy atom. The van der Waals surface area contributed by atoms with E-state index in [1.54, 1.807) is 16.8 Å². The van der Waals surface area contributed by atoms with Gasteiger partial charge >= 0.3 is 0 Å². The number of aryl methyl sites for hydroxylation is 1. The van der Waals surface area contributed by atoms with E-state index in [2.05, 4.69) is 18.9 Å². The number of non-ortho nitro benzene ring substituents is 1. The van der Waals surface area contributed by atoms with E-state index < -0.39 is 11.0 Å². The third kappa shape index (κ3) is 4.39. The van der Waals surface area contributed by atoms with Crippen LogP contribution in [0.15, 0.2) is 30.5 Å². The third-order valence-electron chi connectivity index (χ3n) is 3.87. The fourth-order valence-corrected chi connectivity index (χ4v) is 2.76. The molecule has 0 fully saturated rings. The van der Waals surface area contributed by atoms with Gasteiger partial charge in [0.1, 0.15) is 0 Å². The molecule has 2 aromatic rings. The van der Waals surface area contributed by atoms with E-state index in [0.29, 0.717) is 24.6 Å². The molecule has 0 saturated heterocycles. The van der Waals surface area contributed by atoms with Crippen molar-refractivity contribution in [2.24, 2.45) is 7.05 Å². The molecule has 1 aromatic heterocycles. The van der Waals surface area contributed by atoms with Crippen molar-refractivity contribution in [3.8, 4) is 0 Å². The average molecular weight is 332 g/mol. The first kappa shape index (κ1) is 18.1. The number of nitrogens with zero attached hydrogens (tertiary/aromatic N) is 4. The van der Waals surface area contributed by atoms with Crippen LogP contribution in [0.4, 0.5) is 5.69 Å². The molecule has 1 unspecified atom stereocenters. The van der Waals surface area contributed by atoms with Crippen LogP contribution in [0.3, 0.4) is 0 Å². The summed E-state index contributed by atoms with van der Waals surface area (Å²) in [6.07, 6.45) is 1.21. The van der Waals surface area contributed by atoms with Crippen molar-refractivity contribution in [1.82, 2.24) is 14.7 Å². The molecule has 1 heterocycles. The second kappa shape index (κ2) is 7.55. The molecule has 1 N–H and O–H groups in total. The summed E-state index contributed by atoms with van der Waals surface area (Å²) in [6.45, 7) is 5.24. The Kier molecular flexibility index (Phi) is 5.69. The standard InChI is InChI=1S/C17H24N4O3/c1-12(2)17-14(10-20(4)18-17)9-19(3)11-16(22)13-6-5-7-15(8-13)21(23)24/h5-8,10,12,16,22H,9,11H2,1-4H3. The highest BCUT2D eigenvalue weighted by atomic mass is 16.6. The molecule has 0 aliphatic rings. The zero-order chi connectivity index (χ0) is 17.9. The van der Waals surface area contributed by atoms with Crippen molar-refractivity contribution in [3.63, 3.8) is 0 Å². The molecule has 2 rings (SSSR count). The van der Waals surface area contributed by atoms with E-state index in [1.165, 1.54) is 12.1 Å². The lowest BCUT2D eigenvalue weighted by atomic mass is 10.1. The van der Waals surface area contributed by atoms with Gasteiger partial charge in [-0.25, -0.2) is 0 Å². The monoisotopic (exact) mass is 332 g/mol. The van der Waals surface area contributed by atoms with Gasteiger partial charge in [-0.2, -0.15) is 5.10 Å². The van der Waals surface area contributed by atoms with Gasteiger partial charge in [-0.3, -0.25) is 19.7 Å². The molecule has 0 aliphatic carbocycles. The number of nitro groups is 1. The molecule has 0 aliphatic heterocycles. The lowest BCUT2D eigenvalue weighted by molar-refractivity contribution is -0.385. The van der Waals surface area contributed by atoms with Crippen LogP contribution in [-0.4, -0.2) is 38.3 Å². The lowest BCUT2D eigenvalue weighted by Crippen LogP contribution is -2.24. The molecule has 130 valence electrons. The molecular weight excluding hydrogens is 308 g/mol. The minimum absolute atomic E-state index is 0.0106. The van der Waals surface area contributed by atoms with Gasteiger partial charge in [-0.05, 0) is 18.5 Å². The molecule has 0 amide bonds. The number of aliphatic hydroxyl groups is 1. The van der Waals surface area contributed by atoms with Crippen LogP contribution in [0.25, 0.3) is 0 Å². The van der Waals surface area contributed by atoms with Gasteiger partial charge in [-0.15, -0.1) is 0 Å². The summed E-state index contributed by atoms with van der Waals surface area (Å²) >= 11 is 0. The van der Waals surface area contributed by atoms with Crippen LogP contribution >= 0.6 is 0 Å². The number of likely N-dealkylation sites (N-methyl/N-ethyl adjacent to an activating group) is 1. The molecule has 24 heavy (non-hydrogen) atoms. The zero-order valence-electron chi connectivity index (χ0n) is 14.5. The van der Waals surface area contributed by atoms with E-state index in [0.717, 1.165) is 11.3 Å². The van der Waals surface area contributed by atoms with Crippen molar-refractivity contribution in [3.05, 3.63) is 57.4 Å². The van der Waals surface area contributed by atoms with Crippen molar-refractivity contribution < 1.29 is 10.0 Å². The molecule has 0 bridgehead atoms. The highest BCUT2D eigenvalue weighted by molar-refractivity contribution is 5.35. The Labute approximate surface area is 141 Å². The Morgan fingerprint density at radius 1 is 1.42 bits per heavy atom.